The zero-order chi connectivity index (χ0) is 14.5. The molecular weight excluding hydrogens is 302 g/mol. The van der Waals surface area contributed by atoms with Crippen molar-refractivity contribution in [3.63, 3.8) is 0 Å². The second-order valence-electron chi connectivity index (χ2n) is 5.82. The molecule has 0 bridgehead atoms. The molecule has 0 aliphatic rings. The number of hydrogen-bond acceptors (Lipinski definition) is 2. The highest BCUT2D eigenvalue weighted by Crippen LogP contribution is 2.31. The Kier molecular flexibility index (Phi) is 6.54. The van der Waals surface area contributed by atoms with Gasteiger partial charge in [0.1, 0.15) is 0 Å². The highest BCUT2D eigenvalue weighted by molar-refractivity contribution is 9.10. The Labute approximate surface area is 126 Å². The van der Waals surface area contributed by atoms with Crippen LogP contribution >= 0.6 is 15.9 Å². The van der Waals surface area contributed by atoms with E-state index in [1.165, 1.54) is 22.3 Å². The second kappa shape index (κ2) is 7.44. The van der Waals surface area contributed by atoms with Crippen LogP contribution in [0.4, 0.5) is 0 Å². The summed E-state index contributed by atoms with van der Waals surface area (Å²) in [5.41, 5.74) is 2.82. The van der Waals surface area contributed by atoms with Gasteiger partial charge in [-0.05, 0) is 60.6 Å². The van der Waals surface area contributed by atoms with Gasteiger partial charge in [-0.3, -0.25) is 4.68 Å². The maximum atomic E-state index is 4.68. The number of nitrogens with one attached hydrogen (secondary N) is 1. The van der Waals surface area contributed by atoms with Crippen molar-refractivity contribution in [1.29, 1.82) is 0 Å². The van der Waals surface area contributed by atoms with Gasteiger partial charge in [-0.15, -0.1) is 0 Å². The van der Waals surface area contributed by atoms with Gasteiger partial charge in [0.15, 0.2) is 0 Å². The molecule has 0 spiro atoms. The van der Waals surface area contributed by atoms with E-state index in [1.807, 2.05) is 0 Å². The molecule has 110 valence electrons. The van der Waals surface area contributed by atoms with E-state index in [9.17, 15) is 0 Å². The lowest BCUT2D eigenvalue weighted by atomic mass is 9.84. The minimum absolute atomic E-state index is 0.294. The second-order valence-corrected chi connectivity index (χ2v) is 6.61. The highest BCUT2D eigenvalue weighted by Gasteiger charge is 2.23. The van der Waals surface area contributed by atoms with E-state index in [2.05, 4.69) is 65.6 Å². The van der Waals surface area contributed by atoms with E-state index >= 15 is 0 Å². The smallest absolute Gasteiger partial charge is 0.0766 e. The fourth-order valence-electron chi connectivity index (χ4n) is 2.33. The van der Waals surface area contributed by atoms with Crippen molar-refractivity contribution < 1.29 is 0 Å². The van der Waals surface area contributed by atoms with E-state index in [0.29, 0.717) is 5.41 Å². The molecule has 1 aromatic rings. The van der Waals surface area contributed by atoms with Gasteiger partial charge in [0.05, 0.1) is 15.9 Å². The highest BCUT2D eigenvalue weighted by atomic mass is 79.9. The number of rotatable bonds is 8. The fraction of sp³-hybridized carbons (Fsp3) is 0.800. The number of aryl methyl sites for hydroxylation is 2. The summed E-state index contributed by atoms with van der Waals surface area (Å²) in [6.45, 7) is 14.2. The zero-order valence-corrected chi connectivity index (χ0v) is 14.6. The number of halogens is 1. The summed E-state index contributed by atoms with van der Waals surface area (Å²) >= 11 is 3.74. The minimum Gasteiger partial charge on any atom is -0.317 e. The average Bonchev–Trinajstić information content (AvgIpc) is 2.66. The summed E-state index contributed by atoms with van der Waals surface area (Å²) in [7, 11) is 0. The van der Waals surface area contributed by atoms with Gasteiger partial charge in [0.25, 0.3) is 0 Å². The Hall–Kier alpha value is -0.350. The lowest BCUT2D eigenvalue weighted by molar-refractivity contribution is 0.316. The topological polar surface area (TPSA) is 29.9 Å². The van der Waals surface area contributed by atoms with Crippen LogP contribution in [-0.4, -0.2) is 22.9 Å². The van der Waals surface area contributed by atoms with Gasteiger partial charge in [0, 0.05) is 6.54 Å². The first kappa shape index (κ1) is 16.7. The first-order valence-corrected chi connectivity index (χ1v) is 8.19. The van der Waals surface area contributed by atoms with Crippen molar-refractivity contribution in [1.82, 2.24) is 15.1 Å². The molecular formula is C15H28BrN3. The van der Waals surface area contributed by atoms with E-state index in [4.69, 9.17) is 0 Å². The third-order valence-electron chi connectivity index (χ3n) is 3.57. The van der Waals surface area contributed by atoms with Crippen LogP contribution in [0, 0.1) is 5.41 Å². The number of hydrogen-bond donors (Lipinski definition) is 1. The molecule has 19 heavy (non-hydrogen) atoms. The standard InChI is InChI=1S/C15H28BrN3/c1-6-12-14(16)13(19(8-3)18-12)11-15(4,5)9-10-17-7-2/h17H,6-11H2,1-5H3. The minimum atomic E-state index is 0.294. The summed E-state index contributed by atoms with van der Waals surface area (Å²) in [4.78, 5) is 0. The zero-order valence-electron chi connectivity index (χ0n) is 13.0. The van der Waals surface area contributed by atoms with Gasteiger partial charge in [0.2, 0.25) is 0 Å². The Bertz CT molecular complexity index is 396. The molecule has 0 amide bonds. The molecule has 0 aromatic carbocycles. The van der Waals surface area contributed by atoms with Crippen LogP contribution in [0.5, 0.6) is 0 Å². The van der Waals surface area contributed by atoms with Crippen molar-refractivity contribution in [2.75, 3.05) is 13.1 Å². The predicted molar refractivity (Wildman–Crippen MR) is 85.6 cm³/mol. The molecule has 3 nitrogen and oxygen atoms in total. The normalized spacial score (nSPS) is 12.1. The molecule has 1 aromatic heterocycles. The van der Waals surface area contributed by atoms with Crippen LogP contribution in [0.3, 0.4) is 0 Å². The fourth-order valence-corrected chi connectivity index (χ4v) is 3.04. The van der Waals surface area contributed by atoms with Crippen molar-refractivity contribution in [2.45, 2.75) is 60.4 Å². The molecule has 0 saturated carbocycles. The van der Waals surface area contributed by atoms with E-state index in [-0.39, 0.29) is 0 Å². The molecule has 1 heterocycles. The van der Waals surface area contributed by atoms with Crippen LogP contribution in [0.2, 0.25) is 0 Å². The summed E-state index contributed by atoms with van der Waals surface area (Å²) in [5.74, 6) is 0. The Morgan fingerprint density at radius 2 is 1.95 bits per heavy atom. The van der Waals surface area contributed by atoms with Crippen LogP contribution in [0.25, 0.3) is 0 Å². The third kappa shape index (κ3) is 4.60. The van der Waals surface area contributed by atoms with Gasteiger partial charge in [-0.2, -0.15) is 5.10 Å². The summed E-state index contributed by atoms with van der Waals surface area (Å²) in [5, 5.41) is 8.10. The maximum Gasteiger partial charge on any atom is 0.0766 e. The van der Waals surface area contributed by atoms with E-state index in [0.717, 1.165) is 32.5 Å². The van der Waals surface area contributed by atoms with Gasteiger partial charge in [-0.25, -0.2) is 0 Å². The summed E-state index contributed by atoms with van der Waals surface area (Å²) < 4.78 is 3.37. The Balaban J connectivity index is 2.82. The molecule has 0 saturated heterocycles. The van der Waals surface area contributed by atoms with Gasteiger partial charge >= 0.3 is 0 Å². The molecule has 0 unspecified atom stereocenters. The molecule has 0 atom stereocenters. The first-order valence-electron chi connectivity index (χ1n) is 7.40. The Morgan fingerprint density at radius 1 is 1.26 bits per heavy atom. The first-order chi connectivity index (χ1) is 8.95. The lowest BCUT2D eigenvalue weighted by Gasteiger charge is -2.25. The van der Waals surface area contributed by atoms with Crippen LogP contribution < -0.4 is 5.32 Å². The van der Waals surface area contributed by atoms with Crippen LogP contribution in [0.15, 0.2) is 4.47 Å². The predicted octanol–water partition coefficient (Wildman–Crippen LogP) is 3.80. The van der Waals surface area contributed by atoms with E-state index < -0.39 is 0 Å². The number of aromatic nitrogens is 2. The molecule has 0 fully saturated rings. The van der Waals surface area contributed by atoms with Crippen molar-refractivity contribution in [2.24, 2.45) is 5.41 Å². The molecule has 0 aliphatic heterocycles. The maximum absolute atomic E-state index is 4.68. The van der Waals surface area contributed by atoms with Gasteiger partial charge in [-0.1, -0.05) is 27.7 Å². The summed E-state index contributed by atoms with van der Waals surface area (Å²) in [6, 6.07) is 0. The third-order valence-corrected chi connectivity index (χ3v) is 4.48. The largest absolute Gasteiger partial charge is 0.317 e. The molecule has 0 aliphatic carbocycles. The molecule has 1 N–H and O–H groups in total. The van der Waals surface area contributed by atoms with Crippen LogP contribution in [-0.2, 0) is 19.4 Å². The van der Waals surface area contributed by atoms with Gasteiger partial charge < -0.3 is 5.32 Å². The summed E-state index contributed by atoms with van der Waals surface area (Å²) in [6.07, 6.45) is 3.24. The monoisotopic (exact) mass is 329 g/mol. The van der Waals surface area contributed by atoms with Crippen molar-refractivity contribution >= 4 is 15.9 Å². The van der Waals surface area contributed by atoms with E-state index in [1.54, 1.807) is 0 Å². The number of nitrogens with zero attached hydrogens (tertiary/aromatic N) is 2. The lowest BCUT2D eigenvalue weighted by Crippen LogP contribution is -2.25. The quantitative estimate of drug-likeness (QED) is 0.735. The van der Waals surface area contributed by atoms with Crippen molar-refractivity contribution in [3.8, 4) is 0 Å². The van der Waals surface area contributed by atoms with Crippen molar-refractivity contribution in [3.05, 3.63) is 15.9 Å². The Morgan fingerprint density at radius 3 is 2.47 bits per heavy atom. The SMILES string of the molecule is CCNCCC(C)(C)Cc1c(Br)c(CC)nn1CC. The molecule has 4 heteroatoms. The molecule has 0 radical (unpaired) electrons. The molecule has 1 rings (SSSR count). The average molecular weight is 330 g/mol. The van der Waals surface area contributed by atoms with Crippen LogP contribution in [0.1, 0.15) is 52.4 Å².